The minimum atomic E-state index is -1.08. The molecule has 0 amide bonds. The standard InChI is InChI=1S/C15H14N2O4/c1-9(2)6-13-12(15(20)21)8-16-17(13)11-5-3-4-10(7-11)14(18)19/h3-8H,1-2H3,(H,18,19)(H,20,21). The second kappa shape index (κ2) is 5.62. The second-order valence-corrected chi connectivity index (χ2v) is 4.74. The number of carboxylic acids is 2. The summed E-state index contributed by atoms with van der Waals surface area (Å²) in [5.41, 5.74) is 1.99. The van der Waals surface area contributed by atoms with Crippen LogP contribution in [0.15, 0.2) is 36.0 Å². The van der Waals surface area contributed by atoms with Gasteiger partial charge in [-0.2, -0.15) is 5.10 Å². The number of hydrogen-bond donors (Lipinski definition) is 2. The molecule has 6 heteroatoms. The van der Waals surface area contributed by atoms with Crippen LogP contribution >= 0.6 is 0 Å². The van der Waals surface area contributed by atoms with E-state index in [9.17, 15) is 14.7 Å². The Bertz CT molecular complexity index is 740. The Balaban J connectivity index is 2.64. The van der Waals surface area contributed by atoms with Gasteiger partial charge in [0.25, 0.3) is 0 Å². The SMILES string of the molecule is CC(C)=Cc1c(C(=O)O)cnn1-c1cccc(C(=O)O)c1. The van der Waals surface area contributed by atoms with E-state index in [0.29, 0.717) is 11.4 Å². The molecule has 0 saturated carbocycles. The van der Waals surface area contributed by atoms with E-state index < -0.39 is 11.9 Å². The van der Waals surface area contributed by atoms with Gasteiger partial charge in [0, 0.05) is 0 Å². The first-order chi connectivity index (χ1) is 9.90. The van der Waals surface area contributed by atoms with E-state index in [-0.39, 0.29) is 11.1 Å². The van der Waals surface area contributed by atoms with Gasteiger partial charge in [0.05, 0.1) is 23.1 Å². The van der Waals surface area contributed by atoms with Crippen molar-refractivity contribution in [3.05, 3.63) is 52.9 Å². The monoisotopic (exact) mass is 286 g/mol. The number of aromatic carboxylic acids is 2. The van der Waals surface area contributed by atoms with E-state index in [1.807, 2.05) is 13.8 Å². The zero-order chi connectivity index (χ0) is 15.6. The lowest BCUT2D eigenvalue weighted by atomic mass is 10.1. The van der Waals surface area contributed by atoms with Crippen molar-refractivity contribution >= 4 is 18.0 Å². The summed E-state index contributed by atoms with van der Waals surface area (Å²) in [5, 5.41) is 22.3. The molecule has 2 aromatic rings. The van der Waals surface area contributed by atoms with E-state index in [1.54, 1.807) is 18.2 Å². The molecule has 0 saturated heterocycles. The molecule has 0 aliphatic rings. The fourth-order valence-corrected chi connectivity index (χ4v) is 1.91. The lowest BCUT2D eigenvalue weighted by Gasteiger charge is -2.07. The highest BCUT2D eigenvalue weighted by atomic mass is 16.4. The molecule has 21 heavy (non-hydrogen) atoms. The largest absolute Gasteiger partial charge is 0.478 e. The van der Waals surface area contributed by atoms with Crippen molar-refractivity contribution in [3.63, 3.8) is 0 Å². The first kappa shape index (κ1) is 14.5. The van der Waals surface area contributed by atoms with Crippen molar-refractivity contribution in [2.75, 3.05) is 0 Å². The number of benzene rings is 1. The van der Waals surface area contributed by atoms with E-state index in [4.69, 9.17) is 5.11 Å². The summed E-state index contributed by atoms with van der Waals surface area (Å²) in [6, 6.07) is 6.18. The minimum absolute atomic E-state index is 0.0666. The molecule has 108 valence electrons. The highest BCUT2D eigenvalue weighted by Crippen LogP contribution is 2.19. The summed E-state index contributed by atoms with van der Waals surface area (Å²) in [6.07, 6.45) is 2.95. The Kier molecular flexibility index (Phi) is 3.89. The number of carboxylic acid groups (broad SMARTS) is 2. The van der Waals surface area contributed by atoms with Gasteiger partial charge in [-0.25, -0.2) is 14.3 Å². The van der Waals surface area contributed by atoms with Crippen LogP contribution in [0.4, 0.5) is 0 Å². The average Bonchev–Trinajstić information content (AvgIpc) is 2.81. The van der Waals surface area contributed by atoms with E-state index in [2.05, 4.69) is 5.10 Å². The van der Waals surface area contributed by atoms with Gasteiger partial charge in [-0.15, -0.1) is 0 Å². The molecule has 1 aromatic carbocycles. The van der Waals surface area contributed by atoms with Crippen LogP contribution in [0.1, 0.15) is 40.3 Å². The lowest BCUT2D eigenvalue weighted by Crippen LogP contribution is -2.05. The zero-order valence-electron chi connectivity index (χ0n) is 11.6. The minimum Gasteiger partial charge on any atom is -0.478 e. The molecule has 0 radical (unpaired) electrons. The van der Waals surface area contributed by atoms with Crippen LogP contribution in [0.2, 0.25) is 0 Å². The Hall–Kier alpha value is -2.89. The molecular weight excluding hydrogens is 272 g/mol. The summed E-state index contributed by atoms with van der Waals surface area (Å²) in [5.74, 6) is -2.13. The first-order valence-electron chi connectivity index (χ1n) is 6.20. The first-order valence-corrected chi connectivity index (χ1v) is 6.20. The third kappa shape index (κ3) is 3.00. The average molecular weight is 286 g/mol. The van der Waals surface area contributed by atoms with Gasteiger partial charge in [-0.3, -0.25) is 0 Å². The molecule has 0 aliphatic carbocycles. The Morgan fingerprint density at radius 3 is 2.48 bits per heavy atom. The predicted octanol–water partition coefficient (Wildman–Crippen LogP) is 2.69. The van der Waals surface area contributed by atoms with Gasteiger partial charge >= 0.3 is 11.9 Å². The number of aromatic nitrogens is 2. The fourth-order valence-electron chi connectivity index (χ4n) is 1.91. The van der Waals surface area contributed by atoms with Gasteiger partial charge < -0.3 is 10.2 Å². The fraction of sp³-hybridized carbons (Fsp3) is 0.133. The van der Waals surface area contributed by atoms with Crippen molar-refractivity contribution in [2.45, 2.75) is 13.8 Å². The molecule has 0 unspecified atom stereocenters. The van der Waals surface area contributed by atoms with Crippen LogP contribution in [0, 0.1) is 0 Å². The molecule has 1 heterocycles. The van der Waals surface area contributed by atoms with E-state index >= 15 is 0 Å². The predicted molar refractivity (Wildman–Crippen MR) is 76.8 cm³/mol. The normalized spacial score (nSPS) is 10.2. The Morgan fingerprint density at radius 2 is 1.90 bits per heavy atom. The molecule has 1 aromatic heterocycles. The number of nitrogens with zero attached hydrogens (tertiary/aromatic N) is 2. The third-order valence-electron chi connectivity index (χ3n) is 2.80. The van der Waals surface area contributed by atoms with E-state index in [0.717, 1.165) is 5.57 Å². The van der Waals surface area contributed by atoms with Gasteiger partial charge in [0.2, 0.25) is 0 Å². The van der Waals surface area contributed by atoms with Crippen LogP contribution in [0.25, 0.3) is 11.8 Å². The number of allylic oxidation sites excluding steroid dienone is 1. The number of rotatable bonds is 4. The van der Waals surface area contributed by atoms with Crippen LogP contribution < -0.4 is 0 Å². The smallest absolute Gasteiger partial charge is 0.339 e. The topological polar surface area (TPSA) is 92.4 Å². The summed E-state index contributed by atoms with van der Waals surface area (Å²) in [7, 11) is 0. The molecule has 0 bridgehead atoms. The maximum absolute atomic E-state index is 11.2. The summed E-state index contributed by atoms with van der Waals surface area (Å²) < 4.78 is 1.42. The van der Waals surface area contributed by atoms with E-state index in [1.165, 1.54) is 23.0 Å². The van der Waals surface area contributed by atoms with Crippen LogP contribution in [-0.2, 0) is 0 Å². The maximum atomic E-state index is 11.2. The van der Waals surface area contributed by atoms with Crippen LogP contribution in [0.5, 0.6) is 0 Å². The van der Waals surface area contributed by atoms with Crippen LogP contribution in [-0.4, -0.2) is 31.9 Å². The van der Waals surface area contributed by atoms with Gasteiger partial charge in [0.15, 0.2) is 0 Å². The molecule has 6 nitrogen and oxygen atoms in total. The van der Waals surface area contributed by atoms with Crippen molar-refractivity contribution in [2.24, 2.45) is 0 Å². The van der Waals surface area contributed by atoms with Crippen molar-refractivity contribution < 1.29 is 19.8 Å². The number of hydrogen-bond acceptors (Lipinski definition) is 3. The molecule has 2 rings (SSSR count). The molecular formula is C15H14N2O4. The van der Waals surface area contributed by atoms with Crippen molar-refractivity contribution in [1.29, 1.82) is 0 Å². The Morgan fingerprint density at radius 1 is 1.19 bits per heavy atom. The molecule has 0 spiro atoms. The zero-order valence-corrected chi connectivity index (χ0v) is 11.6. The van der Waals surface area contributed by atoms with Gasteiger partial charge in [0.1, 0.15) is 5.56 Å². The second-order valence-electron chi connectivity index (χ2n) is 4.74. The summed E-state index contributed by atoms with van der Waals surface area (Å²) in [6.45, 7) is 3.69. The number of carbonyl (C=O) groups is 2. The highest BCUT2D eigenvalue weighted by Gasteiger charge is 2.16. The van der Waals surface area contributed by atoms with Crippen molar-refractivity contribution in [3.8, 4) is 5.69 Å². The third-order valence-corrected chi connectivity index (χ3v) is 2.80. The maximum Gasteiger partial charge on any atom is 0.339 e. The lowest BCUT2D eigenvalue weighted by molar-refractivity contribution is 0.0685. The van der Waals surface area contributed by atoms with Gasteiger partial charge in [-0.05, 0) is 38.1 Å². The van der Waals surface area contributed by atoms with Crippen LogP contribution in [0.3, 0.4) is 0 Å². The summed E-state index contributed by atoms with van der Waals surface area (Å²) in [4.78, 5) is 22.3. The molecule has 0 atom stereocenters. The Labute approximate surface area is 121 Å². The quantitative estimate of drug-likeness (QED) is 0.901. The molecule has 0 aliphatic heterocycles. The summed E-state index contributed by atoms with van der Waals surface area (Å²) >= 11 is 0. The highest BCUT2D eigenvalue weighted by molar-refractivity contribution is 5.92. The molecule has 0 fully saturated rings. The molecule has 2 N–H and O–H groups in total. The van der Waals surface area contributed by atoms with Crippen molar-refractivity contribution in [1.82, 2.24) is 9.78 Å². The van der Waals surface area contributed by atoms with Gasteiger partial charge in [-0.1, -0.05) is 11.6 Å².